The topological polar surface area (TPSA) is 63.6 Å². The molecule has 0 saturated carbocycles. The molecule has 0 bridgehead atoms. The minimum absolute atomic E-state index is 0. The van der Waals surface area contributed by atoms with E-state index in [1.807, 2.05) is 6.92 Å². The average Bonchev–Trinajstić information content (AvgIpc) is 2.10. The van der Waals surface area contributed by atoms with E-state index in [0.717, 1.165) is 0 Å². The SMILES string of the molecule is CC(C)C(C)COC(=O)CCC(=O)O.[H-].[Na+]. The monoisotopic (exact) mass is 226 g/mol. The molecule has 0 aromatic carbocycles. The zero-order valence-corrected chi connectivity index (χ0v) is 11.9. The second-order valence-corrected chi connectivity index (χ2v) is 3.80. The zero-order valence-electron chi connectivity index (χ0n) is 10.9. The van der Waals surface area contributed by atoms with Crippen molar-refractivity contribution in [1.29, 1.82) is 0 Å². The Balaban J connectivity index is -0.000000845. The van der Waals surface area contributed by atoms with E-state index in [2.05, 4.69) is 13.8 Å². The summed E-state index contributed by atoms with van der Waals surface area (Å²) < 4.78 is 4.91. The number of ether oxygens (including phenoxy) is 1. The van der Waals surface area contributed by atoms with Crippen molar-refractivity contribution in [3.8, 4) is 0 Å². The maximum Gasteiger partial charge on any atom is 1.00 e. The predicted octanol–water partition coefficient (Wildman–Crippen LogP) is -1.20. The summed E-state index contributed by atoms with van der Waals surface area (Å²) in [6, 6.07) is 0. The molecule has 0 heterocycles. The number of esters is 1. The predicted molar refractivity (Wildman–Crippen MR) is 52.9 cm³/mol. The Morgan fingerprint density at radius 1 is 1.27 bits per heavy atom. The third-order valence-corrected chi connectivity index (χ3v) is 2.19. The van der Waals surface area contributed by atoms with Crippen LogP contribution in [0.2, 0.25) is 0 Å². The molecule has 0 aromatic heterocycles. The number of carbonyl (C=O) groups is 2. The largest absolute Gasteiger partial charge is 1.00 e. The number of carboxylic acids is 1. The first-order chi connectivity index (χ1) is 6.43. The van der Waals surface area contributed by atoms with Gasteiger partial charge in [0.25, 0.3) is 0 Å². The van der Waals surface area contributed by atoms with E-state index in [4.69, 9.17) is 9.84 Å². The fraction of sp³-hybridized carbons (Fsp3) is 0.800. The van der Waals surface area contributed by atoms with Crippen LogP contribution in [0.4, 0.5) is 0 Å². The number of rotatable bonds is 6. The van der Waals surface area contributed by atoms with E-state index in [0.29, 0.717) is 18.4 Å². The minimum atomic E-state index is -0.973. The average molecular weight is 226 g/mol. The maximum absolute atomic E-state index is 11.0. The van der Waals surface area contributed by atoms with Crippen LogP contribution >= 0.6 is 0 Å². The number of hydrogen-bond acceptors (Lipinski definition) is 3. The molecule has 84 valence electrons. The second-order valence-electron chi connectivity index (χ2n) is 3.80. The molecule has 1 N–H and O–H groups in total. The van der Waals surface area contributed by atoms with Crippen LogP contribution in [-0.2, 0) is 14.3 Å². The first-order valence-corrected chi connectivity index (χ1v) is 4.81. The van der Waals surface area contributed by atoms with Crippen molar-refractivity contribution < 1.29 is 50.4 Å². The first-order valence-electron chi connectivity index (χ1n) is 4.81. The molecule has 0 aliphatic rings. The van der Waals surface area contributed by atoms with Crippen molar-refractivity contribution in [3.05, 3.63) is 0 Å². The third kappa shape index (κ3) is 10.2. The van der Waals surface area contributed by atoms with Crippen LogP contribution in [0.25, 0.3) is 0 Å². The molecule has 0 aromatic rings. The van der Waals surface area contributed by atoms with Crippen LogP contribution in [0.15, 0.2) is 0 Å². The van der Waals surface area contributed by atoms with Crippen LogP contribution in [-0.4, -0.2) is 23.7 Å². The molecule has 4 nitrogen and oxygen atoms in total. The summed E-state index contributed by atoms with van der Waals surface area (Å²) in [5.41, 5.74) is 0. The Bertz CT molecular complexity index is 209. The van der Waals surface area contributed by atoms with Crippen molar-refractivity contribution in [2.24, 2.45) is 11.8 Å². The molecule has 0 spiro atoms. The number of hydrogen-bond donors (Lipinski definition) is 1. The van der Waals surface area contributed by atoms with E-state index in [1.165, 1.54) is 0 Å². The number of carboxylic acid groups (broad SMARTS) is 1. The van der Waals surface area contributed by atoms with Crippen molar-refractivity contribution in [1.82, 2.24) is 0 Å². The molecule has 0 saturated heterocycles. The molecular formula is C10H19NaO4. The molecule has 1 atom stereocenters. The van der Waals surface area contributed by atoms with Gasteiger partial charge in [-0.15, -0.1) is 0 Å². The Labute approximate surface area is 114 Å². The Hall–Kier alpha value is -0.0600. The standard InChI is InChI=1S/C10H18O4.Na.H/c1-7(2)8(3)6-14-10(13)5-4-9(11)12;;/h7-8H,4-6H2,1-3H3,(H,11,12);;/q;+1;-1. The van der Waals surface area contributed by atoms with Crippen molar-refractivity contribution in [2.45, 2.75) is 33.6 Å². The summed E-state index contributed by atoms with van der Waals surface area (Å²) in [6.45, 7) is 6.47. The molecular weight excluding hydrogens is 207 g/mol. The van der Waals surface area contributed by atoms with Gasteiger partial charge in [-0.3, -0.25) is 9.59 Å². The molecule has 0 aliphatic heterocycles. The number of aliphatic carboxylic acids is 1. The molecule has 0 fully saturated rings. The van der Waals surface area contributed by atoms with Crippen LogP contribution < -0.4 is 29.6 Å². The zero-order chi connectivity index (χ0) is 11.1. The van der Waals surface area contributed by atoms with Gasteiger partial charge < -0.3 is 11.3 Å². The van der Waals surface area contributed by atoms with Crippen molar-refractivity contribution >= 4 is 11.9 Å². The third-order valence-electron chi connectivity index (χ3n) is 2.19. The van der Waals surface area contributed by atoms with Gasteiger partial charge in [0.1, 0.15) is 0 Å². The van der Waals surface area contributed by atoms with Gasteiger partial charge in [0.15, 0.2) is 0 Å². The summed E-state index contributed by atoms with van der Waals surface area (Å²) in [6.07, 6.45) is -0.199. The second kappa shape index (κ2) is 9.19. The summed E-state index contributed by atoms with van der Waals surface area (Å²) in [7, 11) is 0. The number of carbonyl (C=O) groups excluding carboxylic acids is 1. The van der Waals surface area contributed by atoms with Crippen LogP contribution in [0, 0.1) is 11.8 Å². The molecule has 0 amide bonds. The molecule has 15 heavy (non-hydrogen) atoms. The summed E-state index contributed by atoms with van der Waals surface area (Å²) in [4.78, 5) is 21.1. The summed E-state index contributed by atoms with van der Waals surface area (Å²) in [5, 5.41) is 8.32. The molecule has 0 aliphatic carbocycles. The van der Waals surface area contributed by atoms with E-state index in [1.54, 1.807) is 0 Å². The Kier molecular flexibility index (Phi) is 10.6. The molecule has 0 radical (unpaired) electrons. The smallest absolute Gasteiger partial charge is 1.00 e. The van der Waals surface area contributed by atoms with E-state index in [-0.39, 0.29) is 43.8 Å². The summed E-state index contributed by atoms with van der Waals surface area (Å²) in [5.74, 6) is -0.634. The van der Waals surface area contributed by atoms with Crippen molar-refractivity contribution in [3.63, 3.8) is 0 Å². The van der Waals surface area contributed by atoms with Gasteiger partial charge in [-0.25, -0.2) is 0 Å². The quantitative estimate of drug-likeness (QED) is 0.456. The van der Waals surface area contributed by atoms with Gasteiger partial charge in [0.05, 0.1) is 19.4 Å². The van der Waals surface area contributed by atoms with Crippen LogP contribution in [0.1, 0.15) is 35.0 Å². The van der Waals surface area contributed by atoms with Gasteiger partial charge in [-0.05, 0) is 11.8 Å². The Morgan fingerprint density at radius 3 is 2.20 bits per heavy atom. The molecule has 1 unspecified atom stereocenters. The van der Waals surface area contributed by atoms with Gasteiger partial charge in [0, 0.05) is 0 Å². The fourth-order valence-electron chi connectivity index (χ4n) is 0.698. The van der Waals surface area contributed by atoms with Crippen LogP contribution in [0.5, 0.6) is 0 Å². The van der Waals surface area contributed by atoms with E-state index in [9.17, 15) is 9.59 Å². The van der Waals surface area contributed by atoms with E-state index >= 15 is 0 Å². The van der Waals surface area contributed by atoms with E-state index < -0.39 is 11.9 Å². The molecule has 0 rings (SSSR count). The maximum atomic E-state index is 11.0. The van der Waals surface area contributed by atoms with Gasteiger partial charge in [-0.2, -0.15) is 0 Å². The fourth-order valence-corrected chi connectivity index (χ4v) is 0.698. The van der Waals surface area contributed by atoms with Gasteiger partial charge in [0.2, 0.25) is 0 Å². The minimum Gasteiger partial charge on any atom is -1.00 e. The van der Waals surface area contributed by atoms with Crippen LogP contribution in [0.3, 0.4) is 0 Å². The Morgan fingerprint density at radius 2 is 1.80 bits per heavy atom. The van der Waals surface area contributed by atoms with Crippen molar-refractivity contribution in [2.75, 3.05) is 6.61 Å². The summed E-state index contributed by atoms with van der Waals surface area (Å²) >= 11 is 0. The normalized spacial score (nSPS) is 11.7. The first kappa shape index (κ1) is 17.3. The van der Waals surface area contributed by atoms with Gasteiger partial charge in [-0.1, -0.05) is 20.8 Å². The van der Waals surface area contributed by atoms with Gasteiger partial charge >= 0.3 is 41.5 Å². The molecule has 5 heteroatoms.